The molecule has 1 unspecified atom stereocenters. The highest BCUT2D eigenvalue weighted by Gasteiger charge is 2.33. The van der Waals surface area contributed by atoms with Crippen molar-refractivity contribution in [1.29, 1.82) is 0 Å². The van der Waals surface area contributed by atoms with Crippen molar-refractivity contribution in [3.8, 4) is 0 Å². The fourth-order valence-corrected chi connectivity index (χ4v) is 5.91. The van der Waals surface area contributed by atoms with E-state index in [1.807, 2.05) is 6.07 Å². The molecule has 0 radical (unpaired) electrons. The number of hydrogen-bond donors (Lipinski definition) is 1. The van der Waals surface area contributed by atoms with Crippen molar-refractivity contribution in [2.45, 2.75) is 36.7 Å². The Balaban J connectivity index is 1.25. The summed E-state index contributed by atoms with van der Waals surface area (Å²) in [5.41, 5.74) is 1.29. The molecule has 2 aliphatic heterocycles. The molecule has 1 amide bonds. The van der Waals surface area contributed by atoms with Gasteiger partial charge in [-0.3, -0.25) is 9.69 Å². The average Bonchev–Trinajstić information content (AvgIpc) is 3.38. The molecule has 3 heterocycles. The number of nitrogens with one attached hydrogen (secondary N) is 1. The number of piperidine rings is 1. The van der Waals surface area contributed by atoms with Crippen molar-refractivity contribution in [1.82, 2.24) is 19.1 Å². The number of benzene rings is 1. The molecule has 2 fully saturated rings. The number of aromatic nitrogens is 1. The lowest BCUT2D eigenvalue weighted by Crippen LogP contribution is -2.45. The van der Waals surface area contributed by atoms with Crippen LogP contribution in [0.25, 0.3) is 0 Å². The predicted molar refractivity (Wildman–Crippen MR) is 115 cm³/mol. The van der Waals surface area contributed by atoms with E-state index in [1.165, 1.54) is 9.87 Å². The first-order chi connectivity index (χ1) is 14.4. The summed E-state index contributed by atoms with van der Waals surface area (Å²) in [5, 5.41) is 3.20. The zero-order valence-corrected chi connectivity index (χ0v) is 18.2. The minimum Gasteiger partial charge on any atom is -0.356 e. The molecule has 0 bridgehead atoms. The Morgan fingerprint density at radius 3 is 2.47 bits per heavy atom. The van der Waals surface area contributed by atoms with Crippen LogP contribution in [0.3, 0.4) is 0 Å². The van der Waals surface area contributed by atoms with Crippen LogP contribution in [-0.4, -0.2) is 60.3 Å². The zero-order chi connectivity index (χ0) is 21.1. The van der Waals surface area contributed by atoms with Gasteiger partial charge in [-0.2, -0.15) is 4.31 Å². The van der Waals surface area contributed by atoms with Gasteiger partial charge < -0.3 is 9.88 Å². The van der Waals surface area contributed by atoms with Crippen LogP contribution < -0.4 is 5.32 Å². The summed E-state index contributed by atoms with van der Waals surface area (Å²) < 4.78 is 28.7. The maximum atomic E-state index is 12.7. The lowest BCUT2D eigenvalue weighted by atomic mass is 9.97. The molecular weight excluding hydrogens is 400 g/mol. The average molecular weight is 431 g/mol. The molecule has 0 spiro atoms. The van der Waals surface area contributed by atoms with Crippen LogP contribution in [0.15, 0.2) is 53.7 Å². The van der Waals surface area contributed by atoms with Crippen LogP contribution >= 0.6 is 0 Å². The van der Waals surface area contributed by atoms with Crippen LogP contribution in [-0.2, 0) is 28.4 Å². The minimum atomic E-state index is -3.48. The first-order valence-electron chi connectivity index (χ1n) is 10.6. The van der Waals surface area contributed by atoms with Gasteiger partial charge in [0.1, 0.15) is 0 Å². The predicted octanol–water partition coefficient (Wildman–Crippen LogP) is 1.82. The van der Waals surface area contributed by atoms with Gasteiger partial charge in [0.25, 0.3) is 0 Å². The van der Waals surface area contributed by atoms with Gasteiger partial charge in [-0.25, -0.2) is 8.42 Å². The maximum absolute atomic E-state index is 12.7. The number of carbonyl (C=O) groups is 1. The molecular formula is C22H30N4O3S. The number of aryl methyl sites for hydroxylation is 1. The molecule has 1 atom stereocenters. The minimum absolute atomic E-state index is 0.0679. The van der Waals surface area contributed by atoms with Gasteiger partial charge >= 0.3 is 0 Å². The molecule has 0 aliphatic carbocycles. The fourth-order valence-electron chi connectivity index (χ4n) is 4.39. The summed E-state index contributed by atoms with van der Waals surface area (Å²) in [5.74, 6) is -0.0475. The number of nitrogens with zero attached hydrogens (tertiary/aromatic N) is 3. The van der Waals surface area contributed by atoms with Crippen molar-refractivity contribution in [2.24, 2.45) is 13.0 Å². The smallest absolute Gasteiger partial charge is 0.244 e. The van der Waals surface area contributed by atoms with Gasteiger partial charge in [0, 0.05) is 64.1 Å². The van der Waals surface area contributed by atoms with E-state index in [2.05, 4.69) is 34.5 Å². The monoisotopic (exact) mass is 430 g/mol. The summed E-state index contributed by atoms with van der Waals surface area (Å²) in [7, 11) is -1.67. The largest absolute Gasteiger partial charge is 0.356 e. The van der Waals surface area contributed by atoms with Crippen LogP contribution in [0, 0.1) is 5.92 Å². The molecule has 2 aromatic rings. The molecule has 1 N–H and O–H groups in total. The van der Waals surface area contributed by atoms with Crippen LogP contribution in [0.1, 0.15) is 24.8 Å². The lowest BCUT2D eigenvalue weighted by Gasteiger charge is -2.31. The second kappa shape index (κ2) is 8.91. The second-order valence-electron chi connectivity index (χ2n) is 8.41. The van der Waals surface area contributed by atoms with E-state index < -0.39 is 10.0 Å². The van der Waals surface area contributed by atoms with Gasteiger partial charge in [-0.1, -0.05) is 30.3 Å². The summed E-state index contributed by atoms with van der Waals surface area (Å²) in [6, 6.07) is 12.2. The SMILES string of the molecule is Cn1ccc(S(=O)(=O)N2CCC(C(=O)NC3CCN(Cc4ccccc4)C3)CC2)c1. The third-order valence-corrected chi connectivity index (χ3v) is 8.02. The highest BCUT2D eigenvalue weighted by Crippen LogP contribution is 2.24. The summed E-state index contributed by atoms with van der Waals surface area (Å²) in [6.45, 7) is 3.53. The fraction of sp³-hybridized carbons (Fsp3) is 0.500. The Morgan fingerprint density at radius 1 is 1.07 bits per heavy atom. The molecule has 162 valence electrons. The maximum Gasteiger partial charge on any atom is 0.244 e. The van der Waals surface area contributed by atoms with Gasteiger partial charge in [-0.15, -0.1) is 0 Å². The zero-order valence-electron chi connectivity index (χ0n) is 17.4. The standard InChI is InChI=1S/C22H30N4O3S/c1-24-11-10-21(17-24)30(28,29)26-13-7-19(8-14-26)22(27)23-20-9-12-25(16-20)15-18-5-3-2-4-6-18/h2-6,10-11,17,19-20H,7-9,12-16H2,1H3,(H,23,27). The number of likely N-dealkylation sites (tertiary alicyclic amines) is 1. The normalized spacial score (nSPS) is 21.7. The summed E-state index contributed by atoms with van der Waals surface area (Å²) in [6.07, 6.45) is 5.45. The highest BCUT2D eigenvalue weighted by atomic mass is 32.2. The first kappa shape index (κ1) is 21.1. The highest BCUT2D eigenvalue weighted by molar-refractivity contribution is 7.89. The number of carbonyl (C=O) groups excluding carboxylic acids is 1. The van der Waals surface area contributed by atoms with E-state index in [9.17, 15) is 13.2 Å². The van der Waals surface area contributed by atoms with Crippen LogP contribution in [0.2, 0.25) is 0 Å². The third kappa shape index (κ3) is 4.77. The van der Waals surface area contributed by atoms with Crippen molar-refractivity contribution < 1.29 is 13.2 Å². The molecule has 1 aromatic carbocycles. The number of hydrogen-bond acceptors (Lipinski definition) is 4. The van der Waals surface area contributed by atoms with Crippen molar-refractivity contribution >= 4 is 15.9 Å². The summed E-state index contributed by atoms with van der Waals surface area (Å²) >= 11 is 0. The Labute approximate surface area is 178 Å². The quantitative estimate of drug-likeness (QED) is 0.759. The van der Waals surface area contributed by atoms with Crippen molar-refractivity contribution in [2.75, 3.05) is 26.2 Å². The molecule has 2 aliphatic rings. The Kier molecular flexibility index (Phi) is 6.26. The first-order valence-corrected chi connectivity index (χ1v) is 12.0. The van der Waals surface area contributed by atoms with Crippen molar-refractivity contribution in [3.63, 3.8) is 0 Å². The summed E-state index contributed by atoms with van der Waals surface area (Å²) in [4.78, 5) is 15.4. The Bertz CT molecular complexity index is 965. The van der Waals surface area contributed by atoms with E-state index in [1.54, 1.807) is 30.1 Å². The molecule has 4 rings (SSSR count). The van der Waals surface area contributed by atoms with Crippen LogP contribution in [0.5, 0.6) is 0 Å². The Hall–Kier alpha value is -2.16. The Morgan fingerprint density at radius 2 is 1.80 bits per heavy atom. The van der Waals surface area contributed by atoms with E-state index in [-0.39, 0.29) is 17.9 Å². The lowest BCUT2D eigenvalue weighted by molar-refractivity contribution is -0.126. The third-order valence-electron chi connectivity index (χ3n) is 6.14. The van der Waals surface area contributed by atoms with Gasteiger partial charge in [0.05, 0.1) is 4.90 Å². The van der Waals surface area contributed by atoms with E-state index >= 15 is 0 Å². The molecule has 1 aromatic heterocycles. The molecule has 0 saturated carbocycles. The van der Waals surface area contributed by atoms with Crippen LogP contribution in [0.4, 0.5) is 0 Å². The topological polar surface area (TPSA) is 74.6 Å². The molecule has 30 heavy (non-hydrogen) atoms. The second-order valence-corrected chi connectivity index (χ2v) is 10.3. The van der Waals surface area contributed by atoms with Gasteiger partial charge in [-0.05, 0) is 30.9 Å². The molecule has 8 heteroatoms. The molecule has 2 saturated heterocycles. The number of sulfonamides is 1. The van der Waals surface area contributed by atoms with Gasteiger partial charge in [0.15, 0.2) is 0 Å². The number of amides is 1. The van der Waals surface area contributed by atoms with E-state index in [4.69, 9.17) is 0 Å². The molecule has 7 nitrogen and oxygen atoms in total. The van der Waals surface area contributed by atoms with Gasteiger partial charge in [0.2, 0.25) is 15.9 Å². The van der Waals surface area contributed by atoms with Crippen molar-refractivity contribution in [3.05, 3.63) is 54.4 Å². The van der Waals surface area contributed by atoms with E-state index in [0.717, 1.165) is 26.1 Å². The number of rotatable bonds is 6. The van der Waals surface area contributed by atoms with E-state index in [0.29, 0.717) is 30.8 Å².